The summed E-state index contributed by atoms with van der Waals surface area (Å²) in [5, 5.41) is 16.9. The fraction of sp³-hybridized carbons (Fsp3) is 0.733. The molecule has 0 radical (unpaired) electrons. The number of hydrogen-bond donors (Lipinski definition) is 2. The molecule has 2 aliphatic rings. The van der Waals surface area contributed by atoms with Gasteiger partial charge in [-0.1, -0.05) is 81.7 Å². The predicted octanol–water partition coefficient (Wildman–Crippen LogP) is 5.50. The fourth-order valence-corrected chi connectivity index (χ4v) is 6.34. The number of piperidine rings is 1. The number of aliphatic hydroxyl groups is 1. The summed E-state index contributed by atoms with van der Waals surface area (Å²) < 4.78 is 2.00. The fourth-order valence-electron chi connectivity index (χ4n) is 6.34. The van der Waals surface area contributed by atoms with Gasteiger partial charge >= 0.3 is 0 Å². The maximum absolute atomic E-state index is 12.1. The highest BCUT2D eigenvalue weighted by Crippen LogP contribution is 2.42. The lowest BCUT2D eigenvalue weighted by atomic mass is 9.73. The lowest BCUT2D eigenvalue weighted by molar-refractivity contribution is -0.00865. The van der Waals surface area contributed by atoms with Crippen LogP contribution in [0.1, 0.15) is 101 Å². The van der Waals surface area contributed by atoms with E-state index in [9.17, 15) is 5.11 Å². The molecule has 0 spiro atoms. The largest absolute Gasteiger partial charge is 0.377 e. The summed E-state index contributed by atoms with van der Waals surface area (Å²) in [5.41, 5.74) is 5.40. The molecule has 0 amide bonds. The predicted molar refractivity (Wildman–Crippen MR) is 147 cm³/mol. The molecule has 6 nitrogen and oxygen atoms in total. The number of nitrogens with two attached hydrogens (primary N) is 1. The van der Waals surface area contributed by atoms with Gasteiger partial charge in [-0.15, -0.1) is 0 Å². The Labute approximate surface area is 218 Å². The molecule has 1 aliphatic heterocycles. The molecular formula is C30H49N5O. The monoisotopic (exact) mass is 495 g/mol. The summed E-state index contributed by atoms with van der Waals surface area (Å²) in [6, 6.07) is 10.1. The zero-order valence-electron chi connectivity index (χ0n) is 22.4. The average molecular weight is 496 g/mol. The Hall–Kier alpha value is -1.76. The van der Waals surface area contributed by atoms with E-state index in [1.165, 1.54) is 96.7 Å². The molecule has 2 fully saturated rings. The SMILES string of the molecule is NCCCCCCCCCN1CCC(Cn2cnc(C(O)(c3ccccc3)C3CCCCC3)n2)CC1. The maximum Gasteiger partial charge on any atom is 0.187 e. The molecule has 1 aromatic heterocycles. The zero-order chi connectivity index (χ0) is 25.1. The molecule has 1 aliphatic carbocycles. The Bertz CT molecular complexity index is 857. The van der Waals surface area contributed by atoms with Gasteiger partial charge in [0.05, 0.1) is 0 Å². The van der Waals surface area contributed by atoms with Gasteiger partial charge in [-0.25, -0.2) is 4.98 Å². The van der Waals surface area contributed by atoms with Crippen LogP contribution >= 0.6 is 0 Å². The van der Waals surface area contributed by atoms with Crippen LogP contribution in [0.3, 0.4) is 0 Å². The minimum atomic E-state index is -1.10. The normalized spacial score (nSPS) is 19.9. The van der Waals surface area contributed by atoms with Crippen molar-refractivity contribution in [3.05, 3.63) is 48.0 Å². The van der Waals surface area contributed by atoms with Crippen molar-refractivity contribution in [2.75, 3.05) is 26.2 Å². The van der Waals surface area contributed by atoms with Gasteiger partial charge in [0.25, 0.3) is 0 Å². The quantitative estimate of drug-likeness (QED) is 0.339. The summed E-state index contributed by atoms with van der Waals surface area (Å²) in [4.78, 5) is 7.33. The van der Waals surface area contributed by atoms with Crippen LogP contribution in [0.2, 0.25) is 0 Å². The summed E-state index contributed by atoms with van der Waals surface area (Å²) in [6.07, 6.45) is 19.2. The molecule has 2 heterocycles. The third-order valence-electron chi connectivity index (χ3n) is 8.62. The van der Waals surface area contributed by atoms with Crippen LogP contribution in [0.25, 0.3) is 0 Å². The molecule has 1 saturated carbocycles. The molecule has 1 unspecified atom stereocenters. The number of nitrogens with zero attached hydrogens (tertiary/aromatic N) is 4. The van der Waals surface area contributed by atoms with E-state index in [-0.39, 0.29) is 5.92 Å². The van der Waals surface area contributed by atoms with Crippen LogP contribution in [0.15, 0.2) is 36.7 Å². The van der Waals surface area contributed by atoms with E-state index in [0.29, 0.717) is 11.7 Å². The molecule has 0 bridgehead atoms. The van der Waals surface area contributed by atoms with Gasteiger partial charge in [-0.2, -0.15) is 5.10 Å². The zero-order valence-corrected chi connectivity index (χ0v) is 22.4. The summed E-state index contributed by atoms with van der Waals surface area (Å²) in [6.45, 7) is 5.37. The van der Waals surface area contributed by atoms with E-state index in [1.54, 1.807) is 0 Å². The summed E-state index contributed by atoms with van der Waals surface area (Å²) >= 11 is 0. The summed E-state index contributed by atoms with van der Waals surface area (Å²) in [7, 11) is 0. The minimum Gasteiger partial charge on any atom is -0.377 e. The highest BCUT2D eigenvalue weighted by atomic mass is 16.3. The van der Waals surface area contributed by atoms with Crippen LogP contribution in [-0.4, -0.2) is 50.9 Å². The Morgan fingerprint density at radius 1 is 0.861 bits per heavy atom. The topological polar surface area (TPSA) is 80.2 Å². The lowest BCUT2D eigenvalue weighted by Crippen LogP contribution is -2.39. The summed E-state index contributed by atoms with van der Waals surface area (Å²) in [5.74, 6) is 1.40. The lowest BCUT2D eigenvalue weighted by Gasteiger charge is -2.37. The van der Waals surface area contributed by atoms with Crippen LogP contribution in [0, 0.1) is 11.8 Å². The third-order valence-corrected chi connectivity index (χ3v) is 8.62. The standard InChI is InChI=1S/C30H49N5O/c31-20-12-4-2-1-3-5-13-21-34-22-18-26(19-23-34)24-35-25-32-29(33-35)30(36,27-14-8-6-9-15-27)28-16-10-7-11-17-28/h6,8-9,14-15,25-26,28,36H,1-5,7,10-13,16-24,31H2. The molecule has 4 rings (SSSR count). The molecule has 200 valence electrons. The number of likely N-dealkylation sites (tertiary alicyclic amines) is 1. The van der Waals surface area contributed by atoms with Crippen LogP contribution in [0.4, 0.5) is 0 Å². The Morgan fingerprint density at radius 3 is 2.22 bits per heavy atom. The average Bonchev–Trinajstić information content (AvgIpc) is 3.40. The Kier molecular flexibility index (Phi) is 10.8. The second-order valence-corrected chi connectivity index (χ2v) is 11.3. The molecular weight excluding hydrogens is 446 g/mol. The van der Waals surface area contributed by atoms with Gasteiger partial charge in [0.15, 0.2) is 11.4 Å². The van der Waals surface area contributed by atoms with E-state index in [1.807, 2.05) is 41.3 Å². The van der Waals surface area contributed by atoms with E-state index in [0.717, 1.165) is 31.5 Å². The Balaban J connectivity index is 1.24. The Morgan fingerprint density at radius 2 is 1.53 bits per heavy atom. The molecule has 3 N–H and O–H groups in total. The van der Waals surface area contributed by atoms with Crippen molar-refractivity contribution in [3.8, 4) is 0 Å². The third kappa shape index (κ3) is 7.39. The molecule has 1 saturated heterocycles. The second-order valence-electron chi connectivity index (χ2n) is 11.3. The van der Waals surface area contributed by atoms with Crippen molar-refractivity contribution in [3.63, 3.8) is 0 Å². The van der Waals surface area contributed by atoms with Crippen LogP contribution < -0.4 is 5.73 Å². The van der Waals surface area contributed by atoms with E-state index >= 15 is 0 Å². The first-order valence-electron chi connectivity index (χ1n) is 14.8. The van der Waals surface area contributed by atoms with Gasteiger partial charge in [-0.05, 0) is 82.1 Å². The van der Waals surface area contributed by atoms with Gasteiger partial charge in [0, 0.05) is 6.54 Å². The molecule has 2 aromatic rings. The molecule has 1 atom stereocenters. The van der Waals surface area contributed by atoms with Gasteiger partial charge in [0.2, 0.25) is 0 Å². The first-order chi connectivity index (χ1) is 17.7. The van der Waals surface area contributed by atoms with E-state index in [4.69, 9.17) is 10.8 Å². The van der Waals surface area contributed by atoms with E-state index < -0.39 is 5.60 Å². The smallest absolute Gasteiger partial charge is 0.187 e. The molecule has 36 heavy (non-hydrogen) atoms. The molecule has 6 heteroatoms. The van der Waals surface area contributed by atoms with Crippen molar-refractivity contribution in [2.24, 2.45) is 17.6 Å². The molecule has 1 aromatic carbocycles. The van der Waals surface area contributed by atoms with Crippen molar-refractivity contribution < 1.29 is 5.11 Å². The van der Waals surface area contributed by atoms with E-state index in [2.05, 4.69) is 9.88 Å². The number of rotatable bonds is 14. The first-order valence-corrected chi connectivity index (χ1v) is 14.8. The number of unbranched alkanes of at least 4 members (excludes halogenated alkanes) is 6. The number of benzene rings is 1. The maximum atomic E-state index is 12.1. The van der Waals surface area contributed by atoms with Crippen molar-refractivity contribution in [1.82, 2.24) is 19.7 Å². The van der Waals surface area contributed by atoms with Crippen molar-refractivity contribution >= 4 is 0 Å². The number of hydrogen-bond acceptors (Lipinski definition) is 5. The van der Waals surface area contributed by atoms with Crippen LogP contribution in [-0.2, 0) is 12.1 Å². The van der Waals surface area contributed by atoms with Gasteiger partial charge in [0.1, 0.15) is 6.33 Å². The van der Waals surface area contributed by atoms with Crippen LogP contribution in [0.5, 0.6) is 0 Å². The van der Waals surface area contributed by atoms with Gasteiger partial charge < -0.3 is 15.7 Å². The number of aromatic nitrogens is 3. The van der Waals surface area contributed by atoms with Gasteiger partial charge in [-0.3, -0.25) is 4.68 Å². The van der Waals surface area contributed by atoms with Crippen molar-refractivity contribution in [1.29, 1.82) is 0 Å². The second kappa shape index (κ2) is 14.3. The van der Waals surface area contributed by atoms with Crippen molar-refractivity contribution in [2.45, 2.75) is 102 Å². The first kappa shape index (κ1) is 27.3. The highest BCUT2D eigenvalue weighted by Gasteiger charge is 2.43. The highest BCUT2D eigenvalue weighted by molar-refractivity contribution is 5.30. The minimum absolute atomic E-state index is 0.179.